The average molecular weight is 614 g/mol. The van der Waals surface area contributed by atoms with Gasteiger partial charge in [0.2, 0.25) is 5.91 Å². The Labute approximate surface area is 260 Å². The number of nitrogens with one attached hydrogen (secondary N) is 2. The van der Waals surface area contributed by atoms with Crippen molar-refractivity contribution in [3.05, 3.63) is 83.0 Å². The second kappa shape index (κ2) is 13.3. The minimum atomic E-state index is -1.19. The Morgan fingerprint density at radius 3 is 2.62 bits per heavy atom. The van der Waals surface area contributed by atoms with Gasteiger partial charge >= 0.3 is 5.97 Å². The lowest BCUT2D eigenvalue weighted by Gasteiger charge is -2.22. The van der Waals surface area contributed by atoms with Crippen LogP contribution in [0.1, 0.15) is 62.3 Å². The summed E-state index contributed by atoms with van der Waals surface area (Å²) >= 11 is 0. The zero-order valence-corrected chi connectivity index (χ0v) is 24.7. The molecule has 0 saturated carbocycles. The van der Waals surface area contributed by atoms with Crippen LogP contribution in [0.25, 0.3) is 0 Å². The van der Waals surface area contributed by atoms with Gasteiger partial charge in [-0.05, 0) is 67.3 Å². The second-order valence-electron chi connectivity index (χ2n) is 11.5. The number of likely N-dealkylation sites (tertiary alicyclic amines) is 1. The summed E-state index contributed by atoms with van der Waals surface area (Å²) < 4.78 is 12.4. The van der Waals surface area contributed by atoms with Gasteiger partial charge in [0.25, 0.3) is 11.8 Å². The van der Waals surface area contributed by atoms with Crippen LogP contribution < -0.4 is 20.3 Å². The topological polar surface area (TPSA) is 150 Å². The van der Waals surface area contributed by atoms with Gasteiger partial charge in [-0.3, -0.25) is 14.4 Å². The number of carboxylic acids is 1. The number of aromatic nitrogens is 1. The number of nitrogens with zero attached hydrogens (tertiary/aromatic N) is 3. The molecule has 12 nitrogen and oxygen atoms in total. The number of anilines is 1. The number of carbonyl (C=O) groups excluding carboxylic acids is 3. The van der Waals surface area contributed by atoms with Crippen molar-refractivity contribution in [3.63, 3.8) is 0 Å². The molecule has 2 atom stereocenters. The second-order valence-corrected chi connectivity index (χ2v) is 11.5. The molecule has 45 heavy (non-hydrogen) atoms. The van der Waals surface area contributed by atoms with Crippen LogP contribution in [0.3, 0.4) is 0 Å². The maximum absolute atomic E-state index is 13.4. The molecule has 2 fully saturated rings. The number of aromatic carboxylic acids is 1. The van der Waals surface area contributed by atoms with Gasteiger partial charge in [-0.1, -0.05) is 12.1 Å². The van der Waals surface area contributed by atoms with Gasteiger partial charge in [0.1, 0.15) is 17.3 Å². The number of carboxylic acid groups (broad SMARTS) is 1. The number of hydrogen-bond acceptors (Lipinski definition) is 8. The number of fused-ring (bicyclic) bond motifs is 5. The molecular weight excluding hydrogens is 578 g/mol. The number of benzene rings is 2. The van der Waals surface area contributed by atoms with Gasteiger partial charge < -0.3 is 35.0 Å². The highest BCUT2D eigenvalue weighted by Gasteiger charge is 2.37. The van der Waals surface area contributed by atoms with Crippen molar-refractivity contribution in [3.8, 4) is 11.5 Å². The molecule has 12 heteroatoms. The van der Waals surface area contributed by atoms with E-state index in [0.717, 1.165) is 31.5 Å². The maximum atomic E-state index is 13.4. The molecule has 1 aromatic heterocycles. The Morgan fingerprint density at radius 1 is 0.956 bits per heavy atom. The third-order valence-corrected chi connectivity index (χ3v) is 8.20. The number of hydrogen-bond donors (Lipinski definition) is 3. The van der Waals surface area contributed by atoms with Gasteiger partial charge in [0.05, 0.1) is 29.9 Å². The predicted molar refractivity (Wildman–Crippen MR) is 164 cm³/mol. The van der Waals surface area contributed by atoms with Crippen molar-refractivity contribution >= 4 is 29.5 Å². The Bertz CT molecular complexity index is 1610. The molecule has 0 unspecified atom stereocenters. The van der Waals surface area contributed by atoms with E-state index in [0.29, 0.717) is 36.6 Å². The lowest BCUT2D eigenvalue weighted by molar-refractivity contribution is -0.122. The molecule has 3 aliphatic heterocycles. The van der Waals surface area contributed by atoms with Gasteiger partial charge in [0, 0.05) is 50.9 Å². The van der Waals surface area contributed by atoms with Gasteiger partial charge in [-0.25, -0.2) is 9.78 Å². The van der Waals surface area contributed by atoms with Crippen LogP contribution in [-0.4, -0.2) is 83.6 Å². The van der Waals surface area contributed by atoms with Gasteiger partial charge in [0.15, 0.2) is 0 Å². The van der Waals surface area contributed by atoms with E-state index in [-0.39, 0.29) is 54.3 Å². The smallest absolute Gasteiger partial charge is 0.335 e. The summed E-state index contributed by atoms with van der Waals surface area (Å²) in [6.07, 6.45) is 3.78. The first kappa shape index (κ1) is 30.1. The van der Waals surface area contributed by atoms with Crippen LogP contribution in [0.4, 0.5) is 5.82 Å². The third-order valence-electron chi connectivity index (χ3n) is 8.20. The van der Waals surface area contributed by atoms with E-state index in [9.17, 15) is 24.3 Å². The molecule has 2 saturated heterocycles. The van der Waals surface area contributed by atoms with E-state index in [1.54, 1.807) is 36.5 Å². The molecule has 3 aromatic rings. The highest BCUT2D eigenvalue weighted by atomic mass is 16.5. The van der Waals surface area contributed by atoms with E-state index in [2.05, 4.69) is 15.6 Å². The largest absolute Gasteiger partial charge is 0.478 e. The molecule has 3 aliphatic rings. The normalized spacial score (nSPS) is 20.7. The van der Waals surface area contributed by atoms with Crippen molar-refractivity contribution in [2.45, 2.75) is 44.4 Å². The molecule has 0 aliphatic carbocycles. The fourth-order valence-corrected chi connectivity index (χ4v) is 5.94. The number of carbonyl (C=O) groups is 4. The predicted octanol–water partition coefficient (Wildman–Crippen LogP) is 3.22. The van der Waals surface area contributed by atoms with Crippen LogP contribution in [0, 0.1) is 0 Å². The number of amides is 3. The van der Waals surface area contributed by atoms with E-state index in [4.69, 9.17) is 9.47 Å². The summed E-state index contributed by atoms with van der Waals surface area (Å²) in [5.74, 6) is -0.661. The highest BCUT2D eigenvalue weighted by Crippen LogP contribution is 2.29. The third kappa shape index (κ3) is 7.07. The molecule has 234 valence electrons. The fourth-order valence-electron chi connectivity index (χ4n) is 5.94. The summed E-state index contributed by atoms with van der Waals surface area (Å²) in [5, 5.41) is 15.4. The molecule has 4 bridgehead atoms. The zero-order chi connectivity index (χ0) is 31.3. The molecular formula is C33H35N5O7. The molecule has 0 radical (unpaired) electrons. The van der Waals surface area contributed by atoms with E-state index < -0.39 is 18.0 Å². The van der Waals surface area contributed by atoms with E-state index in [1.807, 2.05) is 15.9 Å². The van der Waals surface area contributed by atoms with E-state index >= 15 is 0 Å². The van der Waals surface area contributed by atoms with Crippen molar-refractivity contribution in [1.29, 1.82) is 0 Å². The van der Waals surface area contributed by atoms with Crippen LogP contribution in [0.5, 0.6) is 11.5 Å². The first-order chi connectivity index (χ1) is 21.8. The van der Waals surface area contributed by atoms with Gasteiger partial charge in [-0.15, -0.1) is 0 Å². The Balaban J connectivity index is 1.25. The number of pyridine rings is 1. The summed E-state index contributed by atoms with van der Waals surface area (Å²) in [4.78, 5) is 59.4. The lowest BCUT2D eigenvalue weighted by atomic mass is 10.1. The van der Waals surface area contributed by atoms with Crippen molar-refractivity contribution in [2.75, 3.05) is 37.6 Å². The molecule has 6 rings (SSSR count). The van der Waals surface area contributed by atoms with E-state index in [1.165, 1.54) is 18.2 Å². The number of rotatable bonds is 3. The summed E-state index contributed by atoms with van der Waals surface area (Å²) in [5.41, 5.74) is 1.39. The van der Waals surface area contributed by atoms with Crippen LogP contribution >= 0.6 is 0 Å². The molecule has 2 aromatic carbocycles. The average Bonchev–Trinajstić information content (AvgIpc) is 3.72. The Morgan fingerprint density at radius 2 is 1.80 bits per heavy atom. The highest BCUT2D eigenvalue weighted by molar-refractivity contribution is 5.99. The summed E-state index contributed by atoms with van der Waals surface area (Å²) in [6, 6.07) is 14.5. The quantitative estimate of drug-likeness (QED) is 0.405. The molecule has 3 amide bonds. The van der Waals surface area contributed by atoms with Crippen molar-refractivity contribution in [2.24, 2.45) is 0 Å². The standard InChI is InChI=1S/C33H35N5O7/c39-29-9-5-11-35-31(40)22-15-23(33(42)43)17-25(16-22)45-24-7-3-6-21(14-24)20-44-28-19-38(18-27(28)36-29)30-26(8-4-10-34-30)32(41)37-12-1-2-13-37/h3-4,6-8,10,14-17,27-28H,1-2,5,9,11-13,18-20H2,(H,35,40)(H,36,39)(H,42,43)/t27-,28-/m0/s1. The molecule has 4 heterocycles. The maximum Gasteiger partial charge on any atom is 0.335 e. The Kier molecular flexibility index (Phi) is 8.92. The monoisotopic (exact) mass is 613 g/mol. The zero-order valence-electron chi connectivity index (χ0n) is 24.7. The minimum absolute atomic E-state index is 0.0440. The van der Waals surface area contributed by atoms with Crippen molar-refractivity contribution in [1.82, 2.24) is 20.5 Å². The number of ether oxygens (including phenoxy) is 2. The SMILES string of the molecule is O=C1CCCNC(=O)c2cc(cc(C(=O)O)c2)Oc2cccc(c2)CO[C@H]2CN(c3ncccc3C(=O)N3CCCC3)C[C@@H]2N1. The Hall–Kier alpha value is -4.97. The van der Waals surface area contributed by atoms with Crippen molar-refractivity contribution < 1.29 is 33.8 Å². The van der Waals surface area contributed by atoms with Crippen LogP contribution in [0.2, 0.25) is 0 Å². The molecule has 3 N–H and O–H groups in total. The van der Waals surface area contributed by atoms with Crippen LogP contribution in [-0.2, 0) is 16.1 Å². The summed E-state index contributed by atoms with van der Waals surface area (Å²) in [6.45, 7) is 2.72. The first-order valence-electron chi connectivity index (χ1n) is 15.2. The van der Waals surface area contributed by atoms with Crippen LogP contribution in [0.15, 0.2) is 60.8 Å². The first-order valence-corrected chi connectivity index (χ1v) is 15.2. The fraction of sp³-hybridized carbons (Fsp3) is 0.364. The summed E-state index contributed by atoms with van der Waals surface area (Å²) in [7, 11) is 0. The lowest BCUT2D eigenvalue weighted by Crippen LogP contribution is -2.44. The molecule has 0 spiro atoms. The van der Waals surface area contributed by atoms with Gasteiger partial charge in [-0.2, -0.15) is 0 Å². The minimum Gasteiger partial charge on any atom is -0.478 e.